The van der Waals surface area contributed by atoms with Crippen molar-refractivity contribution in [1.82, 2.24) is 30.6 Å². The second kappa shape index (κ2) is 15.4. The summed E-state index contributed by atoms with van der Waals surface area (Å²) < 4.78 is 44.2. The van der Waals surface area contributed by atoms with E-state index >= 15 is 0 Å². The number of fused-ring (bicyclic) bond motifs is 1. The van der Waals surface area contributed by atoms with E-state index in [2.05, 4.69) is 35.9 Å². The number of ether oxygens (including phenoxy) is 3. The van der Waals surface area contributed by atoms with Crippen LogP contribution in [0.15, 0.2) is 24.7 Å². The van der Waals surface area contributed by atoms with Crippen molar-refractivity contribution < 1.29 is 32.9 Å². The largest absolute Gasteiger partial charge is 0.394 e. The highest BCUT2D eigenvalue weighted by Crippen LogP contribution is 2.28. The summed E-state index contributed by atoms with van der Waals surface area (Å²) in [7, 11) is 0. The summed E-state index contributed by atoms with van der Waals surface area (Å²) in [5.41, 5.74) is 1.00. The average Bonchev–Trinajstić information content (AvgIpc) is 3.36. The van der Waals surface area contributed by atoms with Gasteiger partial charge >= 0.3 is 6.03 Å². The number of H-pyrrole nitrogens is 1. The summed E-state index contributed by atoms with van der Waals surface area (Å²) >= 11 is 0. The maximum Gasteiger partial charge on any atom is 0.315 e. The lowest BCUT2D eigenvalue weighted by molar-refractivity contribution is 0.00841. The van der Waals surface area contributed by atoms with Gasteiger partial charge in [0.15, 0.2) is 17.5 Å². The summed E-state index contributed by atoms with van der Waals surface area (Å²) in [5.74, 6) is -0.791. The van der Waals surface area contributed by atoms with Gasteiger partial charge in [0.05, 0.1) is 58.6 Å². The highest BCUT2D eigenvalue weighted by Gasteiger charge is 2.25. The van der Waals surface area contributed by atoms with Gasteiger partial charge in [-0.05, 0) is 31.7 Å². The fourth-order valence-corrected chi connectivity index (χ4v) is 4.49. The Morgan fingerprint density at radius 1 is 1.02 bits per heavy atom. The van der Waals surface area contributed by atoms with Gasteiger partial charge in [-0.2, -0.15) is 0 Å². The van der Waals surface area contributed by atoms with E-state index < -0.39 is 11.6 Å². The van der Waals surface area contributed by atoms with Gasteiger partial charge in [-0.15, -0.1) is 0 Å². The van der Waals surface area contributed by atoms with Crippen molar-refractivity contribution in [2.75, 3.05) is 58.1 Å². The minimum atomic E-state index is -0.596. The van der Waals surface area contributed by atoms with Crippen molar-refractivity contribution in [2.45, 2.75) is 37.8 Å². The first-order valence-electron chi connectivity index (χ1n) is 13.3. The molecule has 1 fully saturated rings. The molecule has 1 aliphatic rings. The van der Waals surface area contributed by atoms with Crippen molar-refractivity contribution in [1.29, 1.82) is 0 Å². The van der Waals surface area contributed by atoms with Gasteiger partial charge in [-0.3, -0.25) is 0 Å². The molecule has 3 aromatic rings. The number of carbonyl (C=O) groups is 1. The van der Waals surface area contributed by atoms with Crippen LogP contribution >= 0.6 is 0 Å². The van der Waals surface area contributed by atoms with Crippen LogP contribution in [0.3, 0.4) is 0 Å². The maximum atomic E-state index is 14.6. The van der Waals surface area contributed by atoms with Gasteiger partial charge in [0.2, 0.25) is 0 Å². The Kier molecular flexibility index (Phi) is 11.3. The van der Waals surface area contributed by atoms with E-state index in [-0.39, 0.29) is 36.4 Å². The number of anilines is 1. The number of aromatic nitrogens is 4. The van der Waals surface area contributed by atoms with Crippen molar-refractivity contribution in [3.05, 3.63) is 36.3 Å². The van der Waals surface area contributed by atoms with Crippen LogP contribution in [0.25, 0.3) is 22.4 Å². The molecule has 0 bridgehead atoms. The van der Waals surface area contributed by atoms with Crippen LogP contribution in [-0.2, 0) is 14.2 Å². The fourth-order valence-electron chi connectivity index (χ4n) is 4.49. The van der Waals surface area contributed by atoms with Crippen molar-refractivity contribution >= 4 is 22.9 Å². The zero-order valence-corrected chi connectivity index (χ0v) is 22.1. The molecule has 5 N–H and O–H groups in total. The zero-order chi connectivity index (χ0) is 28.2. The lowest BCUT2D eigenvalue weighted by atomic mass is 9.91. The third-order valence-electron chi connectivity index (χ3n) is 6.34. The number of amides is 2. The van der Waals surface area contributed by atoms with E-state index in [0.29, 0.717) is 69.2 Å². The smallest absolute Gasteiger partial charge is 0.315 e. The van der Waals surface area contributed by atoms with Gasteiger partial charge in [0, 0.05) is 35.8 Å². The van der Waals surface area contributed by atoms with Crippen molar-refractivity contribution in [3.8, 4) is 11.4 Å². The van der Waals surface area contributed by atoms with E-state index in [4.69, 9.17) is 19.3 Å². The second-order valence-corrected chi connectivity index (χ2v) is 9.31. The SMILES string of the molecule is O=C(NCCOCCOCCOCCO)N[C@@H]1CCC[C@H](Nc2nc(-c3c[nH]c4ncc(F)cc34)ncc2F)C1. The molecule has 0 unspecified atom stereocenters. The quantitative estimate of drug-likeness (QED) is 0.175. The number of rotatable bonds is 15. The summed E-state index contributed by atoms with van der Waals surface area (Å²) in [6, 6.07) is 0.857. The number of aliphatic hydroxyl groups is 1. The summed E-state index contributed by atoms with van der Waals surface area (Å²) in [6.07, 6.45) is 6.88. The molecule has 218 valence electrons. The number of hydrogen-bond acceptors (Lipinski definition) is 9. The van der Waals surface area contributed by atoms with Crippen LogP contribution in [0.4, 0.5) is 19.4 Å². The van der Waals surface area contributed by atoms with Crippen LogP contribution in [0.1, 0.15) is 25.7 Å². The molecule has 12 nitrogen and oxygen atoms in total. The molecular formula is C26H35F2N7O5. The number of aromatic amines is 1. The Hall–Kier alpha value is -3.46. The van der Waals surface area contributed by atoms with Crippen molar-refractivity contribution in [2.24, 2.45) is 0 Å². The van der Waals surface area contributed by atoms with E-state index in [1.54, 1.807) is 6.20 Å². The number of urea groups is 1. The normalized spacial score (nSPS) is 17.2. The molecule has 3 heterocycles. The molecule has 0 aromatic carbocycles. The minimum absolute atomic E-state index is 0.0118. The Morgan fingerprint density at radius 3 is 2.58 bits per heavy atom. The number of hydrogen-bond donors (Lipinski definition) is 5. The zero-order valence-electron chi connectivity index (χ0n) is 22.1. The third-order valence-corrected chi connectivity index (χ3v) is 6.34. The number of halogens is 2. The molecule has 0 aliphatic heterocycles. The molecular weight excluding hydrogens is 528 g/mol. The van der Waals surface area contributed by atoms with Gasteiger partial charge in [-0.1, -0.05) is 0 Å². The minimum Gasteiger partial charge on any atom is -0.394 e. The topological polar surface area (TPSA) is 156 Å². The molecule has 2 amide bonds. The summed E-state index contributed by atoms with van der Waals surface area (Å²) in [6.45, 7) is 2.63. The standard InChI is InChI=1S/C26H35F2N7O5/c27-17-12-20-21(15-31-23(20)30-14-17)24-32-16-22(28)25(35-24)33-18-2-1-3-19(13-18)34-26(37)29-4-6-38-8-10-40-11-9-39-7-5-36/h12,14-16,18-19,36H,1-11,13H2,(H,30,31)(H2,29,34,37)(H,32,33,35)/t18-,19+/m0/s1. The van der Waals surface area contributed by atoms with Gasteiger partial charge in [0.1, 0.15) is 11.5 Å². The number of nitrogens with zero attached hydrogens (tertiary/aromatic N) is 3. The summed E-state index contributed by atoms with van der Waals surface area (Å²) in [5, 5.41) is 18.0. The molecule has 0 radical (unpaired) electrons. The molecule has 40 heavy (non-hydrogen) atoms. The molecule has 14 heteroatoms. The molecule has 4 rings (SSSR count). The Morgan fingerprint density at radius 2 is 1.77 bits per heavy atom. The van der Waals surface area contributed by atoms with Gasteiger partial charge < -0.3 is 40.3 Å². The van der Waals surface area contributed by atoms with E-state index in [0.717, 1.165) is 31.7 Å². The molecule has 2 atom stereocenters. The molecule has 3 aromatic heterocycles. The first-order valence-corrected chi connectivity index (χ1v) is 13.3. The Balaban J connectivity index is 1.19. The predicted octanol–water partition coefficient (Wildman–Crippen LogP) is 2.36. The van der Waals surface area contributed by atoms with E-state index in [1.165, 1.54) is 6.07 Å². The molecule has 1 saturated carbocycles. The third kappa shape index (κ3) is 8.78. The number of nitrogens with one attached hydrogen (secondary N) is 4. The van der Waals surface area contributed by atoms with E-state index in [1.807, 2.05) is 0 Å². The molecule has 0 saturated heterocycles. The number of aliphatic hydroxyl groups excluding tert-OH is 1. The Labute approximate surface area is 230 Å². The van der Waals surface area contributed by atoms with Gasteiger partial charge in [-0.25, -0.2) is 28.5 Å². The van der Waals surface area contributed by atoms with E-state index in [9.17, 15) is 13.6 Å². The lowest BCUT2D eigenvalue weighted by Gasteiger charge is -2.30. The highest BCUT2D eigenvalue weighted by molar-refractivity contribution is 5.91. The van der Waals surface area contributed by atoms with Crippen LogP contribution in [0.2, 0.25) is 0 Å². The average molecular weight is 564 g/mol. The monoisotopic (exact) mass is 563 g/mol. The predicted molar refractivity (Wildman–Crippen MR) is 143 cm³/mol. The molecule has 1 aliphatic carbocycles. The summed E-state index contributed by atoms with van der Waals surface area (Å²) in [4.78, 5) is 27.7. The first kappa shape index (κ1) is 29.5. The van der Waals surface area contributed by atoms with Crippen LogP contribution in [0.5, 0.6) is 0 Å². The highest BCUT2D eigenvalue weighted by atomic mass is 19.1. The second-order valence-electron chi connectivity index (χ2n) is 9.31. The number of carbonyl (C=O) groups excluding carboxylic acids is 1. The maximum absolute atomic E-state index is 14.6. The van der Waals surface area contributed by atoms with Crippen LogP contribution < -0.4 is 16.0 Å². The first-order chi connectivity index (χ1) is 19.5. The lowest BCUT2D eigenvalue weighted by Crippen LogP contribution is -2.46. The van der Waals surface area contributed by atoms with Crippen molar-refractivity contribution in [3.63, 3.8) is 0 Å². The van der Waals surface area contributed by atoms with Gasteiger partial charge in [0.25, 0.3) is 0 Å². The fraction of sp³-hybridized carbons (Fsp3) is 0.538. The van der Waals surface area contributed by atoms with Crippen LogP contribution in [-0.4, -0.2) is 96.0 Å². The number of pyridine rings is 1. The molecule has 0 spiro atoms. The van der Waals surface area contributed by atoms with Crippen LogP contribution in [0, 0.1) is 11.6 Å². The Bertz CT molecular complexity index is 1230.